The molecule has 0 amide bonds. The summed E-state index contributed by atoms with van der Waals surface area (Å²) in [5.41, 5.74) is 11.6. The van der Waals surface area contributed by atoms with Gasteiger partial charge in [-0.3, -0.25) is 0 Å². The second-order valence-electron chi connectivity index (χ2n) is 13.6. The van der Waals surface area contributed by atoms with Gasteiger partial charge in [-0.1, -0.05) is 146 Å². The van der Waals surface area contributed by atoms with Crippen LogP contribution in [-0.4, -0.2) is 4.57 Å². The molecule has 0 N–H and O–H groups in total. The van der Waals surface area contributed by atoms with Gasteiger partial charge in [0, 0.05) is 44.3 Å². The molecule has 2 aliphatic heterocycles. The van der Waals surface area contributed by atoms with Crippen LogP contribution in [0.4, 0.5) is 0 Å². The van der Waals surface area contributed by atoms with Crippen LogP contribution in [0.5, 0.6) is 23.0 Å². The quantitative estimate of drug-likeness (QED) is 0.187. The molecule has 2 aliphatic rings. The van der Waals surface area contributed by atoms with Crippen LogP contribution in [0.25, 0.3) is 49.7 Å². The van der Waals surface area contributed by atoms with Crippen LogP contribution in [0.3, 0.4) is 0 Å². The highest BCUT2D eigenvalue weighted by atomic mass is 16.5. The molecule has 9 aromatic rings. The summed E-state index contributed by atoms with van der Waals surface area (Å²) in [6.45, 7) is 0. The Kier molecular flexibility index (Phi) is 6.17. The summed E-state index contributed by atoms with van der Waals surface area (Å²) in [5.74, 6) is 3.39. The van der Waals surface area contributed by atoms with Crippen LogP contribution >= 0.6 is 0 Å². The first-order chi connectivity index (χ1) is 25.8. The van der Waals surface area contributed by atoms with Gasteiger partial charge in [-0.25, -0.2) is 0 Å². The van der Waals surface area contributed by atoms with Crippen LogP contribution in [0.1, 0.15) is 22.3 Å². The van der Waals surface area contributed by atoms with Crippen molar-refractivity contribution in [2.24, 2.45) is 0 Å². The molecule has 0 saturated heterocycles. The zero-order valence-electron chi connectivity index (χ0n) is 28.2. The number of para-hydroxylation sites is 5. The molecule has 52 heavy (non-hydrogen) atoms. The Balaban J connectivity index is 1.28. The van der Waals surface area contributed by atoms with Crippen LogP contribution < -0.4 is 9.47 Å². The Bertz CT molecular complexity index is 2810. The van der Waals surface area contributed by atoms with Crippen molar-refractivity contribution < 1.29 is 9.47 Å². The Hall–Kier alpha value is -6.84. The molecule has 0 radical (unpaired) electrons. The summed E-state index contributed by atoms with van der Waals surface area (Å²) in [7, 11) is 0. The lowest BCUT2D eigenvalue weighted by Crippen LogP contribution is -2.37. The molecule has 0 unspecified atom stereocenters. The fourth-order valence-electron chi connectivity index (χ4n) is 8.91. The van der Waals surface area contributed by atoms with Gasteiger partial charge in [0.15, 0.2) is 0 Å². The van der Waals surface area contributed by atoms with Crippen LogP contribution in [-0.2, 0) is 5.41 Å². The second kappa shape index (κ2) is 11.1. The van der Waals surface area contributed by atoms with Gasteiger partial charge in [-0.2, -0.15) is 0 Å². The molecule has 0 aliphatic carbocycles. The van der Waals surface area contributed by atoms with Crippen molar-refractivity contribution >= 4 is 21.8 Å². The number of hydrogen-bond acceptors (Lipinski definition) is 2. The summed E-state index contributed by atoms with van der Waals surface area (Å²) >= 11 is 0. The summed E-state index contributed by atoms with van der Waals surface area (Å²) in [5, 5.41) is 2.40. The minimum absolute atomic E-state index is 0.733. The first-order valence-corrected chi connectivity index (χ1v) is 17.8. The molecule has 244 valence electrons. The minimum atomic E-state index is -0.733. The fourth-order valence-corrected chi connectivity index (χ4v) is 8.91. The van der Waals surface area contributed by atoms with E-state index in [9.17, 15) is 0 Å². The molecular formula is C49H31NO2. The molecule has 0 saturated carbocycles. The number of hydrogen-bond donors (Lipinski definition) is 0. The molecule has 8 aromatic carbocycles. The van der Waals surface area contributed by atoms with Crippen molar-refractivity contribution in [1.82, 2.24) is 4.57 Å². The summed E-state index contributed by atoms with van der Waals surface area (Å²) in [6, 6.07) is 66.8. The van der Waals surface area contributed by atoms with Crippen LogP contribution in [0.15, 0.2) is 188 Å². The second-order valence-corrected chi connectivity index (χ2v) is 13.6. The molecule has 1 spiro atoms. The Morgan fingerprint density at radius 2 is 0.942 bits per heavy atom. The standard InChI is InChI=1S/C49H31NO2/c1-3-16-32(17-4-1)34-21-15-31-45-47(34)49(38-24-8-11-29-43(38)51-44-30-12-9-25-39(44)49)40-26-13-23-36(48(40)52-45)35-22-14-28-42-46(35)37-20-7-10-27-41(37)50(42)33-18-5-2-6-19-33/h1-31H. The molecule has 3 nitrogen and oxygen atoms in total. The number of benzene rings is 8. The average molecular weight is 666 g/mol. The topological polar surface area (TPSA) is 23.4 Å². The van der Waals surface area contributed by atoms with Gasteiger partial charge in [0.1, 0.15) is 23.0 Å². The zero-order chi connectivity index (χ0) is 34.2. The molecule has 0 fully saturated rings. The highest BCUT2D eigenvalue weighted by Gasteiger charge is 2.52. The lowest BCUT2D eigenvalue weighted by molar-refractivity contribution is 0.401. The van der Waals surface area contributed by atoms with E-state index in [4.69, 9.17) is 9.47 Å². The third kappa shape index (κ3) is 3.91. The largest absolute Gasteiger partial charge is 0.457 e. The molecule has 3 heteroatoms. The lowest BCUT2D eigenvalue weighted by Gasteiger charge is -2.46. The van der Waals surface area contributed by atoms with Gasteiger partial charge < -0.3 is 14.0 Å². The van der Waals surface area contributed by atoms with Gasteiger partial charge in [-0.05, 0) is 59.2 Å². The van der Waals surface area contributed by atoms with Crippen molar-refractivity contribution in [2.45, 2.75) is 5.41 Å². The van der Waals surface area contributed by atoms with Crippen molar-refractivity contribution in [3.8, 4) is 50.9 Å². The number of ether oxygens (including phenoxy) is 2. The van der Waals surface area contributed by atoms with E-state index in [0.717, 1.165) is 78.7 Å². The molecule has 1 aromatic heterocycles. The van der Waals surface area contributed by atoms with Gasteiger partial charge in [0.2, 0.25) is 0 Å². The first-order valence-electron chi connectivity index (χ1n) is 17.8. The lowest BCUT2D eigenvalue weighted by atomic mass is 9.60. The Morgan fingerprint density at radius 1 is 0.385 bits per heavy atom. The van der Waals surface area contributed by atoms with E-state index in [1.165, 1.54) is 16.3 Å². The van der Waals surface area contributed by atoms with E-state index in [1.807, 2.05) is 0 Å². The van der Waals surface area contributed by atoms with E-state index in [0.29, 0.717) is 0 Å². The van der Waals surface area contributed by atoms with E-state index in [2.05, 4.69) is 193 Å². The minimum Gasteiger partial charge on any atom is -0.457 e. The maximum atomic E-state index is 7.29. The van der Waals surface area contributed by atoms with Gasteiger partial charge >= 0.3 is 0 Å². The van der Waals surface area contributed by atoms with E-state index in [1.54, 1.807) is 0 Å². The molecule has 0 atom stereocenters. The maximum absolute atomic E-state index is 7.29. The van der Waals surface area contributed by atoms with E-state index in [-0.39, 0.29) is 0 Å². The van der Waals surface area contributed by atoms with Crippen molar-refractivity contribution in [3.05, 3.63) is 210 Å². The number of rotatable bonds is 3. The van der Waals surface area contributed by atoms with E-state index < -0.39 is 5.41 Å². The predicted molar refractivity (Wildman–Crippen MR) is 210 cm³/mol. The number of nitrogens with zero attached hydrogens (tertiary/aromatic N) is 1. The first kappa shape index (κ1) is 28.9. The van der Waals surface area contributed by atoms with Crippen molar-refractivity contribution in [1.29, 1.82) is 0 Å². The maximum Gasteiger partial charge on any atom is 0.140 e. The number of aromatic nitrogens is 1. The fraction of sp³-hybridized carbons (Fsp3) is 0.0204. The third-order valence-corrected chi connectivity index (χ3v) is 10.9. The Labute approximate surface area is 301 Å². The highest BCUT2D eigenvalue weighted by molar-refractivity contribution is 6.16. The molecule has 0 bridgehead atoms. The zero-order valence-corrected chi connectivity index (χ0v) is 28.2. The summed E-state index contributed by atoms with van der Waals surface area (Å²) in [6.07, 6.45) is 0. The Morgan fingerprint density at radius 3 is 1.73 bits per heavy atom. The third-order valence-electron chi connectivity index (χ3n) is 10.9. The SMILES string of the molecule is c1ccc(-c2cccc3c2C2(c4ccccc4Oc4ccccc42)c2cccc(-c4cccc5c4c4ccccc4n5-c4ccccc4)c2O3)cc1. The van der Waals surface area contributed by atoms with Gasteiger partial charge in [-0.15, -0.1) is 0 Å². The van der Waals surface area contributed by atoms with Crippen LogP contribution in [0.2, 0.25) is 0 Å². The van der Waals surface area contributed by atoms with Crippen molar-refractivity contribution in [3.63, 3.8) is 0 Å². The molecule has 3 heterocycles. The summed E-state index contributed by atoms with van der Waals surface area (Å²) < 4.78 is 16.4. The predicted octanol–water partition coefficient (Wildman–Crippen LogP) is 12.7. The van der Waals surface area contributed by atoms with Crippen LogP contribution in [0, 0.1) is 0 Å². The normalized spacial score (nSPS) is 13.5. The molecular weight excluding hydrogens is 635 g/mol. The summed E-state index contributed by atoms with van der Waals surface area (Å²) in [4.78, 5) is 0. The van der Waals surface area contributed by atoms with Gasteiger partial charge in [0.25, 0.3) is 0 Å². The smallest absolute Gasteiger partial charge is 0.140 e. The van der Waals surface area contributed by atoms with E-state index >= 15 is 0 Å². The number of fused-ring (bicyclic) bond motifs is 11. The molecule has 11 rings (SSSR count). The highest BCUT2D eigenvalue weighted by Crippen LogP contribution is 2.64. The van der Waals surface area contributed by atoms with Gasteiger partial charge in [0.05, 0.1) is 16.4 Å². The monoisotopic (exact) mass is 665 g/mol. The average Bonchev–Trinajstić information content (AvgIpc) is 3.56. The van der Waals surface area contributed by atoms with Crippen molar-refractivity contribution in [2.75, 3.05) is 0 Å².